The fourth-order valence-electron chi connectivity index (χ4n) is 2.01. The normalized spacial score (nSPS) is 18.7. The predicted molar refractivity (Wildman–Crippen MR) is 83.4 cm³/mol. The highest BCUT2D eigenvalue weighted by molar-refractivity contribution is 6.57. The van der Waals surface area contributed by atoms with Gasteiger partial charge in [0.2, 0.25) is 9.04 Å². The van der Waals surface area contributed by atoms with E-state index in [1.807, 2.05) is 11.8 Å². The molecule has 1 heterocycles. The Bertz CT molecular complexity index is 379. The Kier molecular flexibility index (Phi) is 7.01. The summed E-state index contributed by atoms with van der Waals surface area (Å²) in [4.78, 5) is 0. The molecule has 20 heavy (non-hydrogen) atoms. The fraction of sp³-hybridized carbons (Fsp3) is 0.500. The van der Waals surface area contributed by atoms with Crippen LogP contribution in [0.1, 0.15) is 12.0 Å². The summed E-state index contributed by atoms with van der Waals surface area (Å²) in [5, 5.41) is 0. The summed E-state index contributed by atoms with van der Waals surface area (Å²) in [6.45, 7) is 7.11. The van der Waals surface area contributed by atoms with Crippen LogP contribution in [0.15, 0.2) is 42.6 Å². The van der Waals surface area contributed by atoms with Gasteiger partial charge in [-0.25, -0.2) is 0 Å². The predicted octanol–water partition coefficient (Wildman–Crippen LogP) is 2.50. The van der Waals surface area contributed by atoms with E-state index in [1.54, 1.807) is 0 Å². The molecule has 0 spiro atoms. The first-order valence-corrected chi connectivity index (χ1v) is 9.31. The summed E-state index contributed by atoms with van der Waals surface area (Å²) in [6, 6.07) is 11.6. The Morgan fingerprint density at radius 3 is 2.80 bits per heavy atom. The summed E-state index contributed by atoms with van der Waals surface area (Å²) in [5.41, 5.74) is 3.35. The standard InChI is InChI=1S/C16H24O3Si/c1-2-20(12-6-10-17-13-16-14-18-16)19-11-9-15-7-4-3-5-8-15/h2-5,7-8,16,20H,1,6,9-14H2. The minimum absolute atomic E-state index is 0.365. The third kappa shape index (κ3) is 6.48. The van der Waals surface area contributed by atoms with Crippen LogP contribution in [0.4, 0.5) is 0 Å². The van der Waals surface area contributed by atoms with E-state index < -0.39 is 9.04 Å². The second-order valence-corrected chi connectivity index (χ2v) is 7.51. The van der Waals surface area contributed by atoms with Gasteiger partial charge in [0.05, 0.1) is 13.2 Å². The molecule has 1 aromatic rings. The van der Waals surface area contributed by atoms with Crippen LogP contribution >= 0.6 is 0 Å². The smallest absolute Gasteiger partial charge is 0.200 e. The van der Waals surface area contributed by atoms with Crippen molar-refractivity contribution in [3.05, 3.63) is 48.2 Å². The molecule has 1 fully saturated rings. The lowest BCUT2D eigenvalue weighted by Crippen LogP contribution is -2.18. The van der Waals surface area contributed by atoms with E-state index >= 15 is 0 Å². The van der Waals surface area contributed by atoms with Crippen molar-refractivity contribution < 1.29 is 13.9 Å². The van der Waals surface area contributed by atoms with Crippen molar-refractivity contribution >= 4 is 9.04 Å². The van der Waals surface area contributed by atoms with Gasteiger partial charge in [-0.3, -0.25) is 0 Å². The van der Waals surface area contributed by atoms with E-state index in [1.165, 1.54) is 5.56 Å². The minimum Gasteiger partial charge on any atom is -0.416 e. The number of rotatable bonds is 11. The van der Waals surface area contributed by atoms with Crippen molar-refractivity contribution in [2.45, 2.75) is 25.0 Å². The maximum absolute atomic E-state index is 5.98. The fourth-order valence-corrected chi connectivity index (χ4v) is 3.54. The topological polar surface area (TPSA) is 31.0 Å². The molecule has 0 bridgehead atoms. The lowest BCUT2D eigenvalue weighted by molar-refractivity contribution is 0.116. The lowest BCUT2D eigenvalue weighted by Gasteiger charge is -2.12. The summed E-state index contributed by atoms with van der Waals surface area (Å²) in [5.74, 6) is 0. The Morgan fingerprint density at radius 2 is 2.10 bits per heavy atom. The van der Waals surface area contributed by atoms with Gasteiger partial charge in [0.15, 0.2) is 0 Å². The van der Waals surface area contributed by atoms with E-state index in [-0.39, 0.29) is 0 Å². The molecule has 1 saturated heterocycles. The molecule has 0 N–H and O–H groups in total. The van der Waals surface area contributed by atoms with Gasteiger partial charge in [-0.1, -0.05) is 36.0 Å². The van der Waals surface area contributed by atoms with Gasteiger partial charge in [0, 0.05) is 13.2 Å². The summed E-state index contributed by atoms with van der Waals surface area (Å²) in [7, 11) is -1.25. The first-order chi connectivity index (χ1) is 9.88. The Labute approximate surface area is 123 Å². The second kappa shape index (κ2) is 9.08. The molecule has 1 aliphatic heterocycles. The Morgan fingerprint density at radius 1 is 1.30 bits per heavy atom. The maximum Gasteiger partial charge on any atom is 0.200 e. The summed E-state index contributed by atoms with van der Waals surface area (Å²) < 4.78 is 16.6. The van der Waals surface area contributed by atoms with Gasteiger partial charge in [0.25, 0.3) is 0 Å². The van der Waals surface area contributed by atoms with Crippen molar-refractivity contribution in [2.24, 2.45) is 0 Å². The van der Waals surface area contributed by atoms with Crippen LogP contribution in [0.5, 0.6) is 0 Å². The SMILES string of the molecule is C=C[SiH](CCCOCC1CO1)OCCc1ccccc1. The average molecular weight is 292 g/mol. The van der Waals surface area contributed by atoms with Crippen LogP contribution in [-0.2, 0) is 20.3 Å². The molecule has 0 saturated carbocycles. The van der Waals surface area contributed by atoms with Crippen LogP contribution in [0.3, 0.4) is 0 Å². The second-order valence-electron chi connectivity index (χ2n) is 5.05. The molecule has 3 nitrogen and oxygen atoms in total. The molecule has 1 aromatic carbocycles. The zero-order valence-electron chi connectivity index (χ0n) is 12.0. The first-order valence-electron chi connectivity index (χ1n) is 7.36. The molecule has 0 aliphatic carbocycles. The molecule has 2 atom stereocenters. The molecular weight excluding hydrogens is 268 g/mol. The van der Waals surface area contributed by atoms with E-state index in [9.17, 15) is 0 Å². The van der Waals surface area contributed by atoms with Gasteiger partial charge in [-0.15, -0.1) is 6.58 Å². The molecule has 110 valence electrons. The number of hydrogen-bond acceptors (Lipinski definition) is 3. The van der Waals surface area contributed by atoms with Crippen LogP contribution in [0, 0.1) is 0 Å². The molecule has 4 heteroatoms. The van der Waals surface area contributed by atoms with Crippen molar-refractivity contribution in [3.8, 4) is 0 Å². The van der Waals surface area contributed by atoms with Crippen LogP contribution in [0.2, 0.25) is 6.04 Å². The monoisotopic (exact) mass is 292 g/mol. The quantitative estimate of drug-likeness (QED) is 0.357. The number of epoxide rings is 1. The van der Waals surface area contributed by atoms with Gasteiger partial charge in [-0.2, -0.15) is 0 Å². The van der Waals surface area contributed by atoms with Crippen LogP contribution in [0.25, 0.3) is 0 Å². The number of benzene rings is 1. The molecular formula is C16H24O3Si. The Balaban J connectivity index is 1.51. The van der Waals surface area contributed by atoms with Crippen molar-refractivity contribution in [1.82, 2.24) is 0 Å². The van der Waals surface area contributed by atoms with Crippen LogP contribution in [-0.4, -0.2) is 41.6 Å². The van der Waals surface area contributed by atoms with E-state index in [0.29, 0.717) is 6.10 Å². The number of hydrogen-bond donors (Lipinski definition) is 0. The zero-order chi connectivity index (χ0) is 14.0. The Hall–Kier alpha value is -0.943. The van der Waals surface area contributed by atoms with Crippen molar-refractivity contribution in [2.75, 3.05) is 26.4 Å². The number of ether oxygens (including phenoxy) is 2. The third-order valence-corrected chi connectivity index (χ3v) is 5.48. The molecule has 1 aliphatic rings. The van der Waals surface area contributed by atoms with Gasteiger partial charge >= 0.3 is 0 Å². The molecule has 2 rings (SSSR count). The van der Waals surface area contributed by atoms with Gasteiger partial charge in [0.1, 0.15) is 6.10 Å². The average Bonchev–Trinajstić information content (AvgIpc) is 3.30. The minimum atomic E-state index is -1.25. The zero-order valence-corrected chi connectivity index (χ0v) is 13.2. The highest BCUT2D eigenvalue weighted by Gasteiger charge is 2.22. The largest absolute Gasteiger partial charge is 0.416 e. The van der Waals surface area contributed by atoms with Crippen molar-refractivity contribution in [3.63, 3.8) is 0 Å². The summed E-state index contributed by atoms with van der Waals surface area (Å²) >= 11 is 0. The van der Waals surface area contributed by atoms with E-state index in [0.717, 1.165) is 45.3 Å². The maximum atomic E-state index is 5.98. The molecule has 0 radical (unpaired) electrons. The molecule has 0 aromatic heterocycles. The highest BCUT2D eigenvalue weighted by atomic mass is 28.3. The van der Waals surface area contributed by atoms with E-state index in [4.69, 9.17) is 13.9 Å². The van der Waals surface area contributed by atoms with Gasteiger partial charge < -0.3 is 13.9 Å². The molecule has 0 amide bonds. The molecule has 2 unspecified atom stereocenters. The first kappa shape index (κ1) is 15.4. The highest BCUT2D eigenvalue weighted by Crippen LogP contribution is 2.09. The lowest BCUT2D eigenvalue weighted by atomic mass is 10.2. The van der Waals surface area contributed by atoms with Gasteiger partial charge in [-0.05, 0) is 24.4 Å². The van der Waals surface area contributed by atoms with Crippen molar-refractivity contribution in [1.29, 1.82) is 0 Å². The van der Waals surface area contributed by atoms with E-state index in [2.05, 4.69) is 30.8 Å². The summed E-state index contributed by atoms with van der Waals surface area (Å²) in [6.07, 6.45) is 2.40. The third-order valence-electron chi connectivity index (χ3n) is 3.31. The van der Waals surface area contributed by atoms with Crippen LogP contribution < -0.4 is 0 Å².